The summed E-state index contributed by atoms with van der Waals surface area (Å²) in [7, 11) is 0. The molecule has 0 spiro atoms. The average molecular weight is 275 g/mol. The molecule has 0 aliphatic heterocycles. The first-order chi connectivity index (χ1) is 9.56. The maximum absolute atomic E-state index is 11.9. The summed E-state index contributed by atoms with van der Waals surface area (Å²) in [6.45, 7) is 4.92. The molecule has 0 fully saturated rings. The van der Waals surface area contributed by atoms with E-state index in [2.05, 4.69) is 19.2 Å². The van der Waals surface area contributed by atoms with Crippen LogP contribution in [0.2, 0.25) is 0 Å². The van der Waals surface area contributed by atoms with E-state index in [9.17, 15) is 9.59 Å². The molecule has 0 aliphatic rings. The molecule has 0 saturated carbocycles. The van der Waals surface area contributed by atoms with E-state index < -0.39 is 5.97 Å². The summed E-state index contributed by atoms with van der Waals surface area (Å²) in [5, 5.41) is 11.5. The summed E-state index contributed by atoms with van der Waals surface area (Å²) in [4.78, 5) is 22.3. The zero-order chi connectivity index (χ0) is 15.0. The lowest BCUT2D eigenvalue weighted by Crippen LogP contribution is -2.28. The maximum atomic E-state index is 11.9. The molecule has 1 amide bonds. The van der Waals surface area contributed by atoms with E-state index in [0.717, 1.165) is 24.5 Å². The number of hydrogen-bond acceptors (Lipinski definition) is 2. The van der Waals surface area contributed by atoms with Crippen LogP contribution in [0.5, 0.6) is 0 Å². The highest BCUT2D eigenvalue weighted by atomic mass is 16.4. The molecule has 0 atom stereocenters. The van der Waals surface area contributed by atoms with Gasteiger partial charge < -0.3 is 10.4 Å². The van der Waals surface area contributed by atoms with Gasteiger partial charge in [0.1, 0.15) is 0 Å². The molecule has 2 N–H and O–H groups in total. The van der Waals surface area contributed by atoms with Gasteiger partial charge in [0, 0.05) is 18.2 Å². The maximum Gasteiger partial charge on any atom is 0.328 e. The van der Waals surface area contributed by atoms with Crippen LogP contribution >= 0.6 is 0 Å². The van der Waals surface area contributed by atoms with Gasteiger partial charge in [0.2, 0.25) is 0 Å². The summed E-state index contributed by atoms with van der Waals surface area (Å²) < 4.78 is 0. The standard InChI is InChI=1S/C16H21NO3/c1-3-12(4-2)11-17-16(20)14-8-5-13(6-9-14)7-10-15(18)19/h5-10,12H,3-4,11H2,1-2H3,(H,17,20)(H,18,19)/b10-7+. The van der Waals surface area contributed by atoms with E-state index in [1.165, 1.54) is 6.08 Å². The van der Waals surface area contributed by atoms with Crippen LogP contribution in [0.3, 0.4) is 0 Å². The third-order valence-electron chi connectivity index (χ3n) is 3.30. The molecule has 1 aromatic rings. The first kappa shape index (κ1) is 16.0. The third-order valence-corrected chi connectivity index (χ3v) is 3.30. The van der Waals surface area contributed by atoms with Crippen molar-refractivity contribution in [2.24, 2.45) is 5.92 Å². The minimum atomic E-state index is -0.989. The monoisotopic (exact) mass is 275 g/mol. The van der Waals surface area contributed by atoms with Crippen molar-refractivity contribution in [3.63, 3.8) is 0 Å². The van der Waals surface area contributed by atoms with Crippen molar-refractivity contribution >= 4 is 18.0 Å². The SMILES string of the molecule is CCC(CC)CNC(=O)c1ccc(/C=C/C(=O)O)cc1. The molecule has 0 saturated heterocycles. The lowest BCUT2D eigenvalue weighted by molar-refractivity contribution is -0.131. The highest BCUT2D eigenvalue weighted by Crippen LogP contribution is 2.08. The molecular weight excluding hydrogens is 254 g/mol. The molecule has 0 unspecified atom stereocenters. The fourth-order valence-corrected chi connectivity index (χ4v) is 1.83. The number of hydrogen-bond donors (Lipinski definition) is 2. The van der Waals surface area contributed by atoms with Crippen LogP contribution < -0.4 is 5.32 Å². The van der Waals surface area contributed by atoms with E-state index in [-0.39, 0.29) is 5.91 Å². The Balaban J connectivity index is 2.59. The van der Waals surface area contributed by atoms with Gasteiger partial charge in [-0.05, 0) is 29.7 Å². The Morgan fingerprint density at radius 1 is 1.20 bits per heavy atom. The number of rotatable bonds is 7. The molecule has 108 valence electrons. The van der Waals surface area contributed by atoms with Crippen molar-refractivity contribution in [3.05, 3.63) is 41.5 Å². The predicted molar refractivity (Wildman–Crippen MR) is 79.5 cm³/mol. The van der Waals surface area contributed by atoms with Gasteiger partial charge >= 0.3 is 5.97 Å². The van der Waals surface area contributed by atoms with Gasteiger partial charge in [-0.2, -0.15) is 0 Å². The fraction of sp³-hybridized carbons (Fsp3) is 0.375. The van der Waals surface area contributed by atoms with Crippen LogP contribution in [-0.2, 0) is 4.79 Å². The first-order valence-electron chi connectivity index (χ1n) is 6.86. The summed E-state index contributed by atoms with van der Waals surface area (Å²) in [6.07, 6.45) is 4.67. The van der Waals surface area contributed by atoms with E-state index in [1.54, 1.807) is 24.3 Å². The quantitative estimate of drug-likeness (QED) is 0.752. The molecule has 0 heterocycles. The van der Waals surface area contributed by atoms with E-state index in [0.29, 0.717) is 18.0 Å². The van der Waals surface area contributed by atoms with Crippen molar-refractivity contribution < 1.29 is 14.7 Å². The normalized spacial score (nSPS) is 10.9. The summed E-state index contributed by atoms with van der Waals surface area (Å²) in [5.41, 5.74) is 1.34. The van der Waals surface area contributed by atoms with E-state index in [1.807, 2.05) is 0 Å². The molecule has 0 radical (unpaired) electrons. The highest BCUT2D eigenvalue weighted by molar-refractivity contribution is 5.94. The summed E-state index contributed by atoms with van der Waals surface area (Å²) in [6, 6.07) is 6.85. The van der Waals surface area contributed by atoms with Crippen molar-refractivity contribution in [1.82, 2.24) is 5.32 Å². The molecule has 0 aliphatic carbocycles. The van der Waals surface area contributed by atoms with E-state index in [4.69, 9.17) is 5.11 Å². The number of nitrogens with one attached hydrogen (secondary N) is 1. The van der Waals surface area contributed by atoms with Gasteiger partial charge in [0.25, 0.3) is 5.91 Å². The molecular formula is C16H21NO3. The van der Waals surface area contributed by atoms with E-state index >= 15 is 0 Å². The van der Waals surface area contributed by atoms with Gasteiger partial charge in [0.15, 0.2) is 0 Å². The average Bonchev–Trinajstić information content (AvgIpc) is 2.46. The molecule has 20 heavy (non-hydrogen) atoms. The molecule has 4 nitrogen and oxygen atoms in total. The second kappa shape index (κ2) is 8.15. The van der Waals surface area contributed by atoms with Gasteiger partial charge in [-0.25, -0.2) is 4.79 Å². The zero-order valence-electron chi connectivity index (χ0n) is 11.9. The summed E-state index contributed by atoms with van der Waals surface area (Å²) in [5.74, 6) is -0.570. The highest BCUT2D eigenvalue weighted by Gasteiger charge is 2.08. The van der Waals surface area contributed by atoms with Gasteiger partial charge in [0.05, 0.1) is 0 Å². The molecule has 0 aromatic heterocycles. The van der Waals surface area contributed by atoms with Crippen molar-refractivity contribution in [3.8, 4) is 0 Å². The molecule has 1 rings (SSSR count). The molecule has 1 aromatic carbocycles. The number of benzene rings is 1. The Labute approximate surface area is 119 Å². The fourth-order valence-electron chi connectivity index (χ4n) is 1.83. The second-order valence-corrected chi connectivity index (χ2v) is 4.69. The molecule has 4 heteroatoms. The number of amides is 1. The van der Waals surface area contributed by atoms with Crippen LogP contribution in [0, 0.1) is 5.92 Å². The Bertz CT molecular complexity index is 473. The van der Waals surface area contributed by atoms with Crippen molar-refractivity contribution in [2.75, 3.05) is 6.54 Å². The van der Waals surface area contributed by atoms with Crippen LogP contribution in [0.25, 0.3) is 6.08 Å². The van der Waals surface area contributed by atoms with Gasteiger partial charge in [-0.15, -0.1) is 0 Å². The third kappa shape index (κ3) is 5.26. The lowest BCUT2D eigenvalue weighted by Gasteiger charge is -2.13. The predicted octanol–water partition coefficient (Wildman–Crippen LogP) is 2.95. The van der Waals surface area contributed by atoms with Crippen LogP contribution in [0.4, 0.5) is 0 Å². The van der Waals surface area contributed by atoms with Crippen LogP contribution in [-0.4, -0.2) is 23.5 Å². The number of carboxylic acids is 1. The Morgan fingerprint density at radius 3 is 2.30 bits per heavy atom. The Kier molecular flexibility index (Phi) is 6.50. The topological polar surface area (TPSA) is 66.4 Å². The lowest BCUT2D eigenvalue weighted by atomic mass is 10.0. The Hall–Kier alpha value is -2.10. The van der Waals surface area contributed by atoms with Gasteiger partial charge in [-0.3, -0.25) is 4.79 Å². The Morgan fingerprint density at radius 2 is 1.80 bits per heavy atom. The van der Waals surface area contributed by atoms with Crippen molar-refractivity contribution in [1.29, 1.82) is 0 Å². The minimum absolute atomic E-state index is 0.0920. The summed E-state index contributed by atoms with van der Waals surface area (Å²) >= 11 is 0. The number of carbonyl (C=O) groups is 2. The smallest absolute Gasteiger partial charge is 0.328 e. The molecule has 0 bridgehead atoms. The second-order valence-electron chi connectivity index (χ2n) is 4.69. The van der Waals surface area contributed by atoms with Crippen LogP contribution in [0.15, 0.2) is 30.3 Å². The number of carboxylic acid groups (broad SMARTS) is 1. The first-order valence-corrected chi connectivity index (χ1v) is 6.86. The van der Waals surface area contributed by atoms with Crippen LogP contribution in [0.1, 0.15) is 42.6 Å². The largest absolute Gasteiger partial charge is 0.478 e. The van der Waals surface area contributed by atoms with Gasteiger partial charge in [-0.1, -0.05) is 38.8 Å². The number of aliphatic carboxylic acids is 1. The number of carbonyl (C=O) groups excluding carboxylic acids is 1. The minimum Gasteiger partial charge on any atom is -0.478 e. The zero-order valence-corrected chi connectivity index (χ0v) is 11.9. The van der Waals surface area contributed by atoms with Crippen molar-refractivity contribution in [2.45, 2.75) is 26.7 Å².